The summed E-state index contributed by atoms with van der Waals surface area (Å²) in [6.07, 6.45) is 3.95. The number of nitrogens with zero attached hydrogens (tertiary/aromatic N) is 3. The zero-order valence-corrected chi connectivity index (χ0v) is 14.8. The fourth-order valence-electron chi connectivity index (χ4n) is 3.32. The second-order valence-electron chi connectivity index (χ2n) is 6.32. The van der Waals surface area contributed by atoms with E-state index in [2.05, 4.69) is 53.8 Å². The van der Waals surface area contributed by atoms with Crippen LogP contribution in [0.4, 0.5) is 0 Å². The predicted molar refractivity (Wildman–Crippen MR) is 102 cm³/mol. The zero-order chi connectivity index (χ0) is 17.4. The minimum atomic E-state index is 0.779. The van der Waals surface area contributed by atoms with Crippen LogP contribution in [0.15, 0.2) is 48.7 Å². The summed E-state index contributed by atoms with van der Waals surface area (Å²) in [5.41, 5.74) is 5.37. The summed E-state index contributed by atoms with van der Waals surface area (Å²) in [7, 11) is 1.67. The molecule has 0 unspecified atom stereocenters. The van der Waals surface area contributed by atoms with Gasteiger partial charge in [0, 0.05) is 17.0 Å². The van der Waals surface area contributed by atoms with E-state index in [4.69, 9.17) is 9.84 Å². The smallest absolute Gasteiger partial charge is 0.145 e. The monoisotopic (exact) mass is 331 g/mol. The molecule has 0 bridgehead atoms. The number of methoxy groups -OCH3 is 1. The molecule has 0 atom stereocenters. The van der Waals surface area contributed by atoms with Gasteiger partial charge in [0.15, 0.2) is 0 Å². The number of para-hydroxylation sites is 1. The Balaban J connectivity index is 2.04. The number of hydrogen-bond acceptors (Lipinski definition) is 3. The van der Waals surface area contributed by atoms with Crippen molar-refractivity contribution in [2.75, 3.05) is 7.11 Å². The van der Waals surface area contributed by atoms with Gasteiger partial charge in [-0.3, -0.25) is 4.98 Å². The molecular formula is C21H21N3O. The molecule has 0 radical (unpaired) electrons. The molecular weight excluding hydrogens is 310 g/mol. The van der Waals surface area contributed by atoms with Crippen LogP contribution in [0.5, 0.6) is 5.75 Å². The maximum Gasteiger partial charge on any atom is 0.145 e. The van der Waals surface area contributed by atoms with E-state index in [1.54, 1.807) is 7.11 Å². The Morgan fingerprint density at radius 1 is 1.00 bits per heavy atom. The normalized spacial score (nSPS) is 11.3. The first-order valence-corrected chi connectivity index (χ1v) is 8.63. The van der Waals surface area contributed by atoms with E-state index in [1.165, 1.54) is 11.3 Å². The van der Waals surface area contributed by atoms with Gasteiger partial charge >= 0.3 is 0 Å². The lowest BCUT2D eigenvalue weighted by atomic mass is 10.1. The van der Waals surface area contributed by atoms with Crippen LogP contribution in [0.2, 0.25) is 0 Å². The lowest BCUT2D eigenvalue weighted by Crippen LogP contribution is -2.02. The van der Waals surface area contributed by atoms with Gasteiger partial charge in [-0.05, 0) is 31.5 Å². The Morgan fingerprint density at radius 3 is 2.52 bits per heavy atom. The van der Waals surface area contributed by atoms with Gasteiger partial charge in [-0.25, -0.2) is 4.68 Å². The maximum atomic E-state index is 5.46. The average Bonchev–Trinajstić information content (AvgIpc) is 3.01. The van der Waals surface area contributed by atoms with E-state index < -0.39 is 0 Å². The topological polar surface area (TPSA) is 39.9 Å². The van der Waals surface area contributed by atoms with Crippen molar-refractivity contribution in [3.8, 4) is 11.4 Å². The molecule has 4 rings (SSSR count). The van der Waals surface area contributed by atoms with Crippen molar-refractivity contribution in [3.05, 3.63) is 59.9 Å². The highest BCUT2D eigenvalue weighted by Gasteiger charge is 2.16. The second-order valence-corrected chi connectivity index (χ2v) is 6.32. The van der Waals surface area contributed by atoms with Crippen molar-refractivity contribution in [2.24, 2.45) is 0 Å². The summed E-state index contributed by atoms with van der Waals surface area (Å²) in [6, 6.07) is 14.5. The van der Waals surface area contributed by atoms with Crippen molar-refractivity contribution >= 4 is 21.8 Å². The van der Waals surface area contributed by atoms with Crippen molar-refractivity contribution in [1.29, 1.82) is 0 Å². The molecule has 0 fully saturated rings. The molecule has 126 valence electrons. The SMILES string of the molecule is CCCc1c2cnc3c(OC)cccc3c2nn1-c1ccc(C)cc1. The fraction of sp³-hybridized carbons (Fsp3) is 0.238. The van der Waals surface area contributed by atoms with Crippen molar-refractivity contribution in [1.82, 2.24) is 14.8 Å². The van der Waals surface area contributed by atoms with E-state index in [-0.39, 0.29) is 0 Å². The molecule has 0 saturated carbocycles. The fourth-order valence-corrected chi connectivity index (χ4v) is 3.32. The Labute approximate surface area is 147 Å². The summed E-state index contributed by atoms with van der Waals surface area (Å²) in [4.78, 5) is 4.67. The standard InChI is InChI=1S/C21H21N3O/c1-4-6-18-17-13-22-21-16(7-5-8-19(21)25-3)20(17)23-24(18)15-11-9-14(2)10-12-15/h5,7-13H,4,6H2,1-3H3. The summed E-state index contributed by atoms with van der Waals surface area (Å²) in [6.45, 7) is 4.29. The van der Waals surface area contributed by atoms with Crippen LogP contribution in [0.25, 0.3) is 27.5 Å². The highest BCUT2D eigenvalue weighted by Crippen LogP contribution is 2.32. The lowest BCUT2D eigenvalue weighted by Gasteiger charge is -2.07. The molecule has 0 aliphatic carbocycles. The van der Waals surface area contributed by atoms with Crippen LogP contribution in [0, 0.1) is 6.92 Å². The van der Waals surface area contributed by atoms with Crippen molar-refractivity contribution < 1.29 is 4.74 Å². The molecule has 0 N–H and O–H groups in total. The first-order chi connectivity index (χ1) is 12.2. The van der Waals surface area contributed by atoms with Gasteiger partial charge in [-0.15, -0.1) is 0 Å². The zero-order valence-electron chi connectivity index (χ0n) is 14.8. The third kappa shape index (κ3) is 2.54. The Bertz CT molecular complexity index is 1050. The Kier molecular flexibility index (Phi) is 3.88. The number of fused-ring (bicyclic) bond motifs is 3. The molecule has 0 spiro atoms. The van der Waals surface area contributed by atoms with Gasteiger partial charge < -0.3 is 4.74 Å². The molecule has 2 heterocycles. The number of benzene rings is 2. The minimum Gasteiger partial charge on any atom is -0.494 e. The van der Waals surface area contributed by atoms with Gasteiger partial charge in [-0.2, -0.15) is 5.10 Å². The van der Waals surface area contributed by atoms with Gasteiger partial charge in [0.25, 0.3) is 0 Å². The summed E-state index contributed by atoms with van der Waals surface area (Å²) >= 11 is 0. The number of rotatable bonds is 4. The predicted octanol–water partition coefficient (Wildman–Crippen LogP) is 4.84. The van der Waals surface area contributed by atoms with Crippen LogP contribution in [0.1, 0.15) is 24.6 Å². The maximum absolute atomic E-state index is 5.46. The molecule has 4 aromatic rings. The van der Waals surface area contributed by atoms with Crippen LogP contribution in [-0.4, -0.2) is 21.9 Å². The Hall–Kier alpha value is -2.88. The van der Waals surface area contributed by atoms with Crippen LogP contribution < -0.4 is 4.74 Å². The third-order valence-electron chi connectivity index (χ3n) is 4.58. The molecule has 0 saturated heterocycles. The first-order valence-electron chi connectivity index (χ1n) is 8.63. The van der Waals surface area contributed by atoms with Gasteiger partial charge in [0.1, 0.15) is 16.8 Å². The molecule has 0 aliphatic heterocycles. The number of aryl methyl sites for hydroxylation is 2. The number of aromatic nitrogens is 3. The van der Waals surface area contributed by atoms with Crippen molar-refractivity contribution in [2.45, 2.75) is 26.7 Å². The number of hydrogen-bond donors (Lipinski definition) is 0. The highest BCUT2D eigenvalue weighted by molar-refractivity contribution is 6.05. The van der Waals surface area contributed by atoms with E-state index >= 15 is 0 Å². The summed E-state index contributed by atoms with van der Waals surface area (Å²) in [5.74, 6) is 0.779. The molecule has 0 amide bonds. The van der Waals surface area contributed by atoms with E-state index in [9.17, 15) is 0 Å². The number of ether oxygens (including phenoxy) is 1. The highest BCUT2D eigenvalue weighted by atomic mass is 16.5. The van der Waals surface area contributed by atoms with E-state index in [0.717, 1.165) is 46.1 Å². The first kappa shape index (κ1) is 15.6. The molecule has 4 nitrogen and oxygen atoms in total. The third-order valence-corrected chi connectivity index (χ3v) is 4.58. The molecule has 2 aromatic carbocycles. The number of pyridine rings is 1. The largest absolute Gasteiger partial charge is 0.494 e. The summed E-state index contributed by atoms with van der Waals surface area (Å²) in [5, 5.41) is 7.10. The minimum absolute atomic E-state index is 0.779. The quantitative estimate of drug-likeness (QED) is 0.537. The van der Waals surface area contributed by atoms with Crippen LogP contribution in [0.3, 0.4) is 0 Å². The summed E-state index contributed by atoms with van der Waals surface area (Å²) < 4.78 is 7.53. The van der Waals surface area contributed by atoms with Gasteiger partial charge in [0.2, 0.25) is 0 Å². The van der Waals surface area contributed by atoms with Crippen LogP contribution >= 0.6 is 0 Å². The second kappa shape index (κ2) is 6.20. The van der Waals surface area contributed by atoms with Crippen molar-refractivity contribution in [3.63, 3.8) is 0 Å². The molecule has 2 aromatic heterocycles. The van der Waals surface area contributed by atoms with E-state index in [0.29, 0.717) is 0 Å². The average molecular weight is 331 g/mol. The molecule has 4 heteroatoms. The Morgan fingerprint density at radius 2 is 1.80 bits per heavy atom. The molecule has 0 aliphatic rings. The van der Waals surface area contributed by atoms with Crippen LogP contribution in [-0.2, 0) is 6.42 Å². The van der Waals surface area contributed by atoms with E-state index in [1.807, 2.05) is 18.3 Å². The molecule has 25 heavy (non-hydrogen) atoms. The van der Waals surface area contributed by atoms with Gasteiger partial charge in [0.05, 0.1) is 18.5 Å². The van der Waals surface area contributed by atoms with Gasteiger partial charge in [-0.1, -0.05) is 43.2 Å². The lowest BCUT2D eigenvalue weighted by molar-refractivity contribution is 0.419.